The van der Waals surface area contributed by atoms with Crippen LogP contribution < -0.4 is 4.90 Å². The van der Waals surface area contributed by atoms with Gasteiger partial charge in [-0.15, -0.1) is 12.4 Å². The lowest BCUT2D eigenvalue weighted by Crippen LogP contribution is -2.34. The van der Waals surface area contributed by atoms with Crippen LogP contribution in [-0.4, -0.2) is 57.1 Å². The van der Waals surface area contributed by atoms with Gasteiger partial charge in [0.15, 0.2) is 0 Å². The van der Waals surface area contributed by atoms with Crippen molar-refractivity contribution < 1.29 is 0 Å². The lowest BCUT2D eigenvalue weighted by atomic mass is 10.00. The molecule has 2 aromatic rings. The number of likely N-dealkylation sites (tertiary alicyclic amines) is 1. The first kappa shape index (κ1) is 21.1. The van der Waals surface area contributed by atoms with Crippen molar-refractivity contribution >= 4 is 18.4 Å². The Hall–Kier alpha value is -1.66. The summed E-state index contributed by atoms with van der Waals surface area (Å²) in [5.74, 6) is 1.68. The fourth-order valence-electron chi connectivity index (χ4n) is 4.21. The van der Waals surface area contributed by atoms with Gasteiger partial charge in [-0.3, -0.25) is 0 Å². The van der Waals surface area contributed by atoms with Gasteiger partial charge in [0.2, 0.25) is 5.95 Å². The fourth-order valence-corrected chi connectivity index (χ4v) is 4.21. The predicted molar refractivity (Wildman–Crippen MR) is 116 cm³/mol. The first-order valence-corrected chi connectivity index (χ1v) is 10.6. The Labute approximate surface area is 174 Å². The van der Waals surface area contributed by atoms with Gasteiger partial charge in [0.25, 0.3) is 0 Å². The van der Waals surface area contributed by atoms with Crippen LogP contribution in [0.25, 0.3) is 11.3 Å². The number of aryl methyl sites for hydroxylation is 1. The first-order chi connectivity index (χ1) is 13.3. The summed E-state index contributed by atoms with van der Waals surface area (Å²) in [4.78, 5) is 18.6. The van der Waals surface area contributed by atoms with Crippen molar-refractivity contribution in [3.8, 4) is 11.3 Å². The molecular weight excluding hydrogens is 372 g/mol. The molecule has 0 aromatic carbocycles. The summed E-state index contributed by atoms with van der Waals surface area (Å²) in [5, 5.41) is 0. The molecule has 0 bridgehead atoms. The van der Waals surface area contributed by atoms with Gasteiger partial charge in [-0.05, 0) is 57.7 Å². The average molecular weight is 405 g/mol. The minimum Gasteiger partial charge on any atom is -0.341 e. The van der Waals surface area contributed by atoms with E-state index in [1.807, 2.05) is 24.9 Å². The molecule has 2 aromatic heterocycles. The highest BCUT2D eigenvalue weighted by Crippen LogP contribution is 2.22. The van der Waals surface area contributed by atoms with E-state index in [0.29, 0.717) is 0 Å². The van der Waals surface area contributed by atoms with Gasteiger partial charge in [0, 0.05) is 37.6 Å². The quantitative estimate of drug-likeness (QED) is 0.731. The third-order valence-corrected chi connectivity index (χ3v) is 6.03. The number of piperidine rings is 2. The highest BCUT2D eigenvalue weighted by atomic mass is 35.5. The zero-order valence-electron chi connectivity index (χ0n) is 17.0. The van der Waals surface area contributed by atoms with E-state index in [2.05, 4.69) is 36.2 Å². The van der Waals surface area contributed by atoms with E-state index in [-0.39, 0.29) is 12.4 Å². The second-order valence-corrected chi connectivity index (χ2v) is 8.17. The average Bonchev–Trinajstić information content (AvgIpc) is 3.18. The molecule has 0 atom stereocenters. The molecule has 28 heavy (non-hydrogen) atoms. The first-order valence-electron chi connectivity index (χ1n) is 10.6. The van der Waals surface area contributed by atoms with Crippen LogP contribution in [0.2, 0.25) is 0 Å². The van der Waals surface area contributed by atoms with Crippen LogP contribution >= 0.6 is 12.4 Å². The molecule has 2 fully saturated rings. The van der Waals surface area contributed by atoms with Crippen LogP contribution in [0.5, 0.6) is 0 Å². The number of hydrogen-bond donors (Lipinski definition) is 0. The zero-order valence-corrected chi connectivity index (χ0v) is 17.8. The zero-order chi connectivity index (χ0) is 18.5. The molecule has 2 saturated heterocycles. The lowest BCUT2D eigenvalue weighted by Gasteiger charge is -2.30. The number of nitrogens with zero attached hydrogens (tertiary/aromatic N) is 6. The van der Waals surface area contributed by atoms with Gasteiger partial charge >= 0.3 is 0 Å². The van der Waals surface area contributed by atoms with Crippen LogP contribution in [0, 0.1) is 5.92 Å². The molecule has 0 radical (unpaired) electrons. The van der Waals surface area contributed by atoms with Gasteiger partial charge in [-0.1, -0.05) is 13.3 Å². The fraction of sp³-hybridized carbons (Fsp3) is 0.667. The molecule has 0 unspecified atom stereocenters. The predicted octanol–water partition coefficient (Wildman–Crippen LogP) is 3.87. The summed E-state index contributed by atoms with van der Waals surface area (Å²) >= 11 is 0. The molecule has 2 aliphatic rings. The molecule has 0 N–H and O–H groups in total. The number of anilines is 1. The van der Waals surface area contributed by atoms with Gasteiger partial charge in [0.05, 0.1) is 18.2 Å². The van der Waals surface area contributed by atoms with Crippen molar-refractivity contribution in [1.82, 2.24) is 24.4 Å². The molecule has 2 aliphatic heterocycles. The summed E-state index contributed by atoms with van der Waals surface area (Å²) in [6.45, 7) is 9.17. The maximum absolute atomic E-state index is 4.64. The van der Waals surface area contributed by atoms with Crippen LogP contribution in [0.1, 0.15) is 45.4 Å². The van der Waals surface area contributed by atoms with Crippen molar-refractivity contribution in [3.63, 3.8) is 0 Å². The Kier molecular flexibility index (Phi) is 7.68. The SMILES string of the molecule is CC1CCN(c2ncc(-c3cncn3CCCN3CCCCC3)cn2)CC1.Cl. The van der Waals surface area contributed by atoms with E-state index in [9.17, 15) is 0 Å². The molecule has 7 heteroatoms. The van der Waals surface area contributed by atoms with Crippen molar-refractivity contribution in [2.75, 3.05) is 37.6 Å². The van der Waals surface area contributed by atoms with Gasteiger partial charge in [-0.25, -0.2) is 15.0 Å². The topological polar surface area (TPSA) is 50.1 Å². The second-order valence-electron chi connectivity index (χ2n) is 8.17. The maximum Gasteiger partial charge on any atom is 0.225 e. The Morgan fingerprint density at radius 2 is 1.64 bits per heavy atom. The van der Waals surface area contributed by atoms with Crippen molar-refractivity contribution in [2.24, 2.45) is 5.92 Å². The molecule has 0 amide bonds. The molecule has 154 valence electrons. The summed E-state index contributed by atoms with van der Waals surface area (Å²) in [6, 6.07) is 0. The number of aromatic nitrogens is 4. The van der Waals surface area contributed by atoms with Crippen molar-refractivity contribution in [1.29, 1.82) is 0 Å². The van der Waals surface area contributed by atoms with E-state index in [1.54, 1.807) is 0 Å². The van der Waals surface area contributed by atoms with Gasteiger partial charge in [-0.2, -0.15) is 0 Å². The Morgan fingerprint density at radius 1 is 0.929 bits per heavy atom. The summed E-state index contributed by atoms with van der Waals surface area (Å²) in [6.07, 6.45) is 15.5. The number of hydrogen-bond acceptors (Lipinski definition) is 5. The molecular formula is C21H33ClN6. The van der Waals surface area contributed by atoms with Crippen molar-refractivity contribution in [2.45, 2.75) is 52.0 Å². The lowest BCUT2D eigenvalue weighted by molar-refractivity contribution is 0.223. The highest BCUT2D eigenvalue weighted by molar-refractivity contribution is 5.85. The Morgan fingerprint density at radius 3 is 2.36 bits per heavy atom. The van der Waals surface area contributed by atoms with Crippen LogP contribution in [0.4, 0.5) is 5.95 Å². The largest absolute Gasteiger partial charge is 0.341 e. The minimum atomic E-state index is 0. The van der Waals surface area contributed by atoms with Crippen LogP contribution in [0.15, 0.2) is 24.9 Å². The van der Waals surface area contributed by atoms with E-state index in [4.69, 9.17) is 0 Å². The van der Waals surface area contributed by atoms with Crippen molar-refractivity contribution in [3.05, 3.63) is 24.9 Å². The van der Waals surface area contributed by atoms with E-state index < -0.39 is 0 Å². The van der Waals surface area contributed by atoms with E-state index in [0.717, 1.165) is 49.2 Å². The van der Waals surface area contributed by atoms with Gasteiger partial charge in [0.1, 0.15) is 0 Å². The maximum atomic E-state index is 4.64. The standard InChI is InChI=1S/C21H32N6.ClH/c1-18-6-12-26(13-7-18)21-23-14-19(15-24-21)20-16-22-17-27(20)11-5-10-25-8-3-2-4-9-25;/h14-18H,2-13H2,1H3;1H. The number of imidazole rings is 1. The van der Waals surface area contributed by atoms with Crippen LogP contribution in [-0.2, 0) is 6.54 Å². The third-order valence-electron chi connectivity index (χ3n) is 6.03. The summed E-state index contributed by atoms with van der Waals surface area (Å²) in [7, 11) is 0. The summed E-state index contributed by atoms with van der Waals surface area (Å²) in [5.41, 5.74) is 2.17. The Balaban J connectivity index is 0.00000225. The minimum absolute atomic E-state index is 0. The monoisotopic (exact) mass is 404 g/mol. The molecule has 0 saturated carbocycles. The molecule has 6 nitrogen and oxygen atoms in total. The highest BCUT2D eigenvalue weighted by Gasteiger charge is 2.18. The van der Waals surface area contributed by atoms with Crippen LogP contribution in [0.3, 0.4) is 0 Å². The van der Waals surface area contributed by atoms with E-state index in [1.165, 1.54) is 51.7 Å². The Bertz CT molecular complexity index is 702. The molecule has 4 rings (SSSR count). The molecule has 0 aliphatic carbocycles. The molecule has 0 spiro atoms. The second kappa shape index (κ2) is 10.2. The van der Waals surface area contributed by atoms with Gasteiger partial charge < -0.3 is 14.4 Å². The number of halogens is 1. The van der Waals surface area contributed by atoms with E-state index >= 15 is 0 Å². The summed E-state index contributed by atoms with van der Waals surface area (Å²) < 4.78 is 2.24. The molecule has 4 heterocycles. The number of rotatable bonds is 6. The smallest absolute Gasteiger partial charge is 0.225 e. The third kappa shape index (κ3) is 5.23. The normalized spacial score (nSPS) is 18.8.